The van der Waals surface area contributed by atoms with E-state index in [9.17, 15) is 14.4 Å². The Hall–Kier alpha value is -2.21. The van der Waals surface area contributed by atoms with Gasteiger partial charge in [0.2, 0.25) is 11.8 Å². The number of hydrogen-bond donors (Lipinski definition) is 1. The summed E-state index contributed by atoms with van der Waals surface area (Å²) in [6.07, 6.45) is 1.40. The molecule has 1 aliphatic heterocycles. The second-order valence-corrected chi connectivity index (χ2v) is 7.23. The molecule has 1 aromatic rings. The van der Waals surface area contributed by atoms with Crippen molar-refractivity contribution in [3.8, 4) is 0 Å². The Balaban J connectivity index is 1.73. The zero-order valence-electron chi connectivity index (χ0n) is 16.7. The smallest absolute Gasteiger partial charge is 0.234 e. The topological polar surface area (TPSA) is 69.7 Å². The molecule has 1 fully saturated rings. The molecular weight excluding hydrogens is 342 g/mol. The lowest BCUT2D eigenvalue weighted by molar-refractivity contribution is -0.133. The molecule has 0 aromatic heterocycles. The minimum absolute atomic E-state index is 0.0117. The number of carbonyl (C=O) groups is 3. The summed E-state index contributed by atoms with van der Waals surface area (Å²) in [6.45, 7) is 9.70. The molecule has 148 valence electrons. The monoisotopic (exact) mass is 373 g/mol. The number of piperazine rings is 1. The molecule has 6 nitrogen and oxygen atoms in total. The fourth-order valence-electron chi connectivity index (χ4n) is 3.12. The van der Waals surface area contributed by atoms with Gasteiger partial charge in [-0.05, 0) is 37.5 Å². The van der Waals surface area contributed by atoms with Crippen molar-refractivity contribution < 1.29 is 14.4 Å². The van der Waals surface area contributed by atoms with Crippen molar-refractivity contribution in [1.82, 2.24) is 15.1 Å². The first kappa shape index (κ1) is 21.1. The summed E-state index contributed by atoms with van der Waals surface area (Å²) in [5, 5.41) is 2.87. The second-order valence-electron chi connectivity index (χ2n) is 7.23. The van der Waals surface area contributed by atoms with E-state index in [1.54, 1.807) is 4.90 Å². The molecule has 1 N–H and O–H groups in total. The fraction of sp³-hybridized carbons (Fsp3) is 0.571. The maximum absolute atomic E-state index is 12.4. The number of amides is 2. The number of benzene rings is 1. The van der Waals surface area contributed by atoms with Crippen molar-refractivity contribution in [3.63, 3.8) is 0 Å². The number of hydrogen-bond acceptors (Lipinski definition) is 4. The van der Waals surface area contributed by atoms with E-state index >= 15 is 0 Å². The third kappa shape index (κ3) is 6.47. The van der Waals surface area contributed by atoms with E-state index in [1.165, 1.54) is 0 Å². The van der Waals surface area contributed by atoms with Crippen LogP contribution in [0.15, 0.2) is 18.2 Å². The van der Waals surface area contributed by atoms with E-state index in [-0.39, 0.29) is 30.4 Å². The van der Waals surface area contributed by atoms with E-state index in [0.717, 1.165) is 17.5 Å². The Morgan fingerprint density at radius 1 is 1.00 bits per heavy atom. The number of aryl methyl sites for hydroxylation is 2. The van der Waals surface area contributed by atoms with Crippen LogP contribution in [0.3, 0.4) is 0 Å². The van der Waals surface area contributed by atoms with Crippen LogP contribution in [0.2, 0.25) is 0 Å². The number of rotatable bonds is 8. The summed E-state index contributed by atoms with van der Waals surface area (Å²) in [5.41, 5.74) is 2.92. The van der Waals surface area contributed by atoms with Crippen LogP contribution in [-0.2, 0) is 9.59 Å². The Kier molecular flexibility index (Phi) is 7.98. The highest BCUT2D eigenvalue weighted by Gasteiger charge is 2.22. The van der Waals surface area contributed by atoms with Gasteiger partial charge in [0.05, 0.1) is 6.54 Å². The van der Waals surface area contributed by atoms with E-state index in [2.05, 4.69) is 10.2 Å². The quantitative estimate of drug-likeness (QED) is 0.707. The lowest BCUT2D eigenvalue weighted by atomic mass is 10.0. The van der Waals surface area contributed by atoms with Crippen LogP contribution in [0.25, 0.3) is 0 Å². The molecule has 2 rings (SSSR count). The van der Waals surface area contributed by atoms with Crippen molar-refractivity contribution in [2.45, 2.75) is 40.0 Å². The van der Waals surface area contributed by atoms with Crippen molar-refractivity contribution in [1.29, 1.82) is 0 Å². The molecule has 0 atom stereocenters. The van der Waals surface area contributed by atoms with Gasteiger partial charge in [0.15, 0.2) is 5.78 Å². The Morgan fingerprint density at radius 2 is 1.70 bits per heavy atom. The first-order valence-corrected chi connectivity index (χ1v) is 9.78. The van der Waals surface area contributed by atoms with Gasteiger partial charge in [0.25, 0.3) is 0 Å². The van der Waals surface area contributed by atoms with Gasteiger partial charge < -0.3 is 10.2 Å². The molecule has 2 amide bonds. The number of Topliss-reactive ketones (excluding diaryl/α,β-unsaturated/α-hetero) is 1. The van der Waals surface area contributed by atoms with Gasteiger partial charge in [-0.15, -0.1) is 0 Å². The normalized spacial score (nSPS) is 14.9. The number of nitrogens with one attached hydrogen (secondary N) is 1. The molecule has 0 aliphatic carbocycles. The van der Waals surface area contributed by atoms with E-state index in [4.69, 9.17) is 0 Å². The average molecular weight is 373 g/mol. The van der Waals surface area contributed by atoms with Gasteiger partial charge in [0.1, 0.15) is 0 Å². The molecule has 0 unspecified atom stereocenters. The third-order valence-electron chi connectivity index (χ3n) is 5.06. The summed E-state index contributed by atoms with van der Waals surface area (Å²) < 4.78 is 0. The van der Waals surface area contributed by atoms with Crippen LogP contribution in [0.5, 0.6) is 0 Å². The molecule has 1 heterocycles. The minimum Gasteiger partial charge on any atom is -0.355 e. The molecule has 1 aliphatic rings. The lowest BCUT2D eigenvalue weighted by Crippen LogP contribution is -2.51. The highest BCUT2D eigenvalue weighted by atomic mass is 16.2. The van der Waals surface area contributed by atoms with Crippen LogP contribution >= 0.6 is 0 Å². The molecule has 1 aromatic carbocycles. The van der Waals surface area contributed by atoms with Crippen LogP contribution < -0.4 is 5.32 Å². The number of carbonyl (C=O) groups excluding carboxylic acids is 3. The average Bonchev–Trinajstić information content (AvgIpc) is 2.66. The lowest BCUT2D eigenvalue weighted by Gasteiger charge is -2.34. The van der Waals surface area contributed by atoms with E-state index in [0.29, 0.717) is 44.8 Å². The highest BCUT2D eigenvalue weighted by Crippen LogP contribution is 2.13. The predicted molar refractivity (Wildman–Crippen MR) is 106 cm³/mol. The maximum atomic E-state index is 12.4. The Labute approximate surface area is 161 Å². The van der Waals surface area contributed by atoms with Gasteiger partial charge in [0, 0.05) is 51.1 Å². The number of nitrogens with zero attached hydrogens (tertiary/aromatic N) is 2. The SMILES string of the molecule is CCCNC(=O)CN1CCN(C(=O)CCC(=O)c2ccc(C)c(C)c2)CC1. The van der Waals surface area contributed by atoms with Crippen LogP contribution in [0, 0.1) is 13.8 Å². The standard InChI is InChI=1S/C21H31N3O3/c1-4-9-22-20(26)15-23-10-12-24(13-11-23)21(27)8-7-19(25)18-6-5-16(2)17(3)14-18/h5-6,14H,4,7-13,15H2,1-3H3,(H,22,26). The van der Waals surface area contributed by atoms with Gasteiger partial charge in [-0.2, -0.15) is 0 Å². The summed E-state index contributed by atoms with van der Waals surface area (Å²) in [5.74, 6) is 0.0653. The highest BCUT2D eigenvalue weighted by molar-refractivity contribution is 5.98. The molecule has 0 radical (unpaired) electrons. The summed E-state index contributed by atoms with van der Waals surface area (Å²) >= 11 is 0. The van der Waals surface area contributed by atoms with Crippen LogP contribution in [0.4, 0.5) is 0 Å². The van der Waals surface area contributed by atoms with E-state index in [1.807, 2.05) is 39.0 Å². The Bertz CT molecular complexity index is 679. The predicted octanol–water partition coefficient (Wildman–Crippen LogP) is 1.94. The molecular formula is C21H31N3O3. The van der Waals surface area contributed by atoms with Gasteiger partial charge in [-0.1, -0.05) is 19.1 Å². The van der Waals surface area contributed by atoms with Crippen molar-refractivity contribution in [3.05, 3.63) is 34.9 Å². The first-order chi connectivity index (χ1) is 12.9. The molecule has 27 heavy (non-hydrogen) atoms. The summed E-state index contributed by atoms with van der Waals surface area (Å²) in [7, 11) is 0. The Morgan fingerprint density at radius 3 is 2.33 bits per heavy atom. The largest absolute Gasteiger partial charge is 0.355 e. The summed E-state index contributed by atoms with van der Waals surface area (Å²) in [6, 6.07) is 5.67. The van der Waals surface area contributed by atoms with Crippen LogP contribution in [0.1, 0.15) is 47.7 Å². The van der Waals surface area contributed by atoms with Crippen molar-refractivity contribution >= 4 is 17.6 Å². The van der Waals surface area contributed by atoms with E-state index < -0.39 is 0 Å². The number of ketones is 1. The van der Waals surface area contributed by atoms with Gasteiger partial charge in [-0.25, -0.2) is 0 Å². The second kappa shape index (κ2) is 10.2. The zero-order chi connectivity index (χ0) is 19.8. The molecule has 0 bridgehead atoms. The van der Waals surface area contributed by atoms with Crippen molar-refractivity contribution in [2.24, 2.45) is 0 Å². The molecule has 1 saturated heterocycles. The van der Waals surface area contributed by atoms with Crippen molar-refractivity contribution in [2.75, 3.05) is 39.3 Å². The first-order valence-electron chi connectivity index (χ1n) is 9.78. The molecule has 0 saturated carbocycles. The zero-order valence-corrected chi connectivity index (χ0v) is 16.7. The van der Waals surface area contributed by atoms with Crippen LogP contribution in [-0.4, -0.2) is 66.7 Å². The minimum atomic E-state index is 0.0117. The molecule has 0 spiro atoms. The molecule has 6 heteroatoms. The van der Waals surface area contributed by atoms with Gasteiger partial charge >= 0.3 is 0 Å². The fourth-order valence-corrected chi connectivity index (χ4v) is 3.12. The maximum Gasteiger partial charge on any atom is 0.234 e. The van der Waals surface area contributed by atoms with Gasteiger partial charge in [-0.3, -0.25) is 19.3 Å². The summed E-state index contributed by atoms with van der Waals surface area (Å²) in [4.78, 5) is 40.4. The third-order valence-corrected chi connectivity index (χ3v) is 5.06.